The largest absolute Gasteiger partial charge is 0.508 e. The van der Waals surface area contributed by atoms with E-state index >= 15 is 0 Å². The van der Waals surface area contributed by atoms with Gasteiger partial charge in [-0.05, 0) is 42.4 Å². The van der Waals surface area contributed by atoms with Crippen LogP contribution < -0.4 is 0 Å². The summed E-state index contributed by atoms with van der Waals surface area (Å²) in [6.07, 6.45) is -4.33. The SMILES string of the molecule is CC[Si](O)(CC)CC.Oc1ccc(C(F)(F)F)cc1.[Zn]. The molecule has 112 valence electrons. The van der Waals surface area contributed by atoms with Gasteiger partial charge in [-0.25, -0.2) is 0 Å². The third-order valence-electron chi connectivity index (χ3n) is 3.17. The van der Waals surface area contributed by atoms with Crippen molar-refractivity contribution in [2.24, 2.45) is 0 Å². The van der Waals surface area contributed by atoms with Gasteiger partial charge in [0, 0.05) is 19.5 Å². The predicted molar refractivity (Wildman–Crippen MR) is 72.5 cm³/mol. The van der Waals surface area contributed by atoms with Crippen molar-refractivity contribution in [1.29, 1.82) is 0 Å². The van der Waals surface area contributed by atoms with Crippen LogP contribution >= 0.6 is 0 Å². The molecule has 2 N–H and O–H groups in total. The first-order valence-corrected chi connectivity index (χ1v) is 8.84. The summed E-state index contributed by atoms with van der Waals surface area (Å²) in [7, 11) is -1.67. The molecule has 0 spiro atoms. The van der Waals surface area contributed by atoms with E-state index in [0.717, 1.165) is 42.4 Å². The minimum Gasteiger partial charge on any atom is -0.508 e. The van der Waals surface area contributed by atoms with Gasteiger partial charge >= 0.3 is 6.18 Å². The summed E-state index contributed by atoms with van der Waals surface area (Å²) in [5.74, 6) is -0.169. The van der Waals surface area contributed by atoms with Crippen molar-refractivity contribution in [3.05, 3.63) is 29.8 Å². The van der Waals surface area contributed by atoms with Crippen molar-refractivity contribution in [3.63, 3.8) is 0 Å². The third-order valence-corrected chi connectivity index (χ3v) is 7.12. The Kier molecular flexibility index (Phi) is 10.4. The van der Waals surface area contributed by atoms with Crippen LogP contribution in [-0.4, -0.2) is 18.2 Å². The molecular weight excluding hydrogens is 339 g/mol. The molecule has 7 heteroatoms. The first-order valence-electron chi connectivity index (χ1n) is 6.27. The molecule has 0 fully saturated rings. The van der Waals surface area contributed by atoms with Crippen LogP contribution in [0.15, 0.2) is 24.3 Å². The van der Waals surface area contributed by atoms with Crippen molar-refractivity contribution in [3.8, 4) is 5.75 Å². The van der Waals surface area contributed by atoms with Crippen LogP contribution in [0.25, 0.3) is 0 Å². The number of phenols is 1. The van der Waals surface area contributed by atoms with Gasteiger partial charge in [0.05, 0.1) is 5.56 Å². The Balaban J connectivity index is 0. The summed E-state index contributed by atoms with van der Waals surface area (Å²) < 4.78 is 35.5. The molecule has 0 aliphatic rings. The molecule has 1 aromatic carbocycles. The normalized spacial score (nSPS) is 11.2. The molecule has 0 aliphatic carbocycles. The molecule has 0 amide bonds. The van der Waals surface area contributed by atoms with Crippen LogP contribution in [0.4, 0.5) is 13.2 Å². The Labute approximate surface area is 131 Å². The number of aromatic hydroxyl groups is 1. The molecule has 2 nitrogen and oxygen atoms in total. The van der Waals surface area contributed by atoms with Crippen LogP contribution in [0.1, 0.15) is 26.3 Å². The molecule has 20 heavy (non-hydrogen) atoms. The predicted octanol–water partition coefficient (Wildman–Crippen LogP) is 4.39. The smallest absolute Gasteiger partial charge is 0.416 e. The minimum atomic E-state index is -4.33. The van der Waals surface area contributed by atoms with Crippen LogP contribution in [0.3, 0.4) is 0 Å². The van der Waals surface area contributed by atoms with E-state index in [1.807, 2.05) is 0 Å². The maximum Gasteiger partial charge on any atom is 0.416 e. The second kappa shape index (κ2) is 9.53. The fourth-order valence-corrected chi connectivity index (χ4v) is 2.90. The molecule has 0 unspecified atom stereocenters. The zero-order valence-electron chi connectivity index (χ0n) is 12.2. The van der Waals surface area contributed by atoms with Gasteiger partial charge in [-0.15, -0.1) is 0 Å². The van der Waals surface area contributed by atoms with Crippen molar-refractivity contribution >= 4 is 8.32 Å². The Morgan fingerprint density at radius 3 is 1.50 bits per heavy atom. The summed E-state index contributed by atoms with van der Waals surface area (Å²) in [6, 6.07) is 6.70. The monoisotopic (exact) mass is 358 g/mol. The maximum absolute atomic E-state index is 11.8. The summed E-state index contributed by atoms with van der Waals surface area (Å²) in [6.45, 7) is 6.25. The van der Waals surface area contributed by atoms with Gasteiger partial charge in [0.25, 0.3) is 0 Å². The zero-order valence-corrected chi connectivity index (χ0v) is 16.1. The van der Waals surface area contributed by atoms with Crippen molar-refractivity contribution < 1.29 is 42.6 Å². The molecule has 1 rings (SSSR count). The number of benzene rings is 1. The second-order valence-corrected chi connectivity index (χ2v) is 8.90. The van der Waals surface area contributed by atoms with E-state index in [0.29, 0.717) is 0 Å². The van der Waals surface area contributed by atoms with Gasteiger partial charge in [0.1, 0.15) is 5.75 Å². The van der Waals surface area contributed by atoms with E-state index in [1.165, 1.54) is 0 Å². The van der Waals surface area contributed by atoms with Gasteiger partial charge in [-0.2, -0.15) is 13.2 Å². The standard InChI is InChI=1S/C7H5F3O.C6H16OSi.Zn/c8-7(9,10)5-1-3-6(11)4-2-5;1-4-8(7,5-2)6-3;/h1-4,11H;7H,4-6H2,1-3H3;. The minimum absolute atomic E-state index is 0. The first-order chi connectivity index (χ1) is 8.68. The number of hydrogen-bond acceptors (Lipinski definition) is 2. The summed E-state index contributed by atoms with van der Waals surface area (Å²) >= 11 is 0. The molecule has 0 atom stereocenters. The van der Waals surface area contributed by atoms with Gasteiger partial charge in [-0.3, -0.25) is 0 Å². The van der Waals surface area contributed by atoms with Gasteiger partial charge < -0.3 is 9.90 Å². The fourth-order valence-electron chi connectivity index (χ4n) is 1.40. The first kappa shape index (κ1) is 21.9. The van der Waals surface area contributed by atoms with Crippen LogP contribution in [0.5, 0.6) is 5.75 Å². The molecule has 0 heterocycles. The number of halogens is 3. The van der Waals surface area contributed by atoms with Crippen molar-refractivity contribution in [1.82, 2.24) is 0 Å². The number of phenolic OH excluding ortho intramolecular Hbond substituents is 1. The molecule has 0 saturated carbocycles. The van der Waals surface area contributed by atoms with E-state index < -0.39 is 20.1 Å². The maximum atomic E-state index is 11.8. The average molecular weight is 360 g/mol. The third kappa shape index (κ3) is 8.02. The molecular formula is C13H21F3O2SiZn. The molecule has 0 radical (unpaired) electrons. The molecule has 0 aromatic heterocycles. The number of hydrogen-bond donors (Lipinski definition) is 2. The summed E-state index contributed by atoms with van der Waals surface area (Å²) in [4.78, 5) is 9.58. The van der Waals surface area contributed by atoms with Crippen LogP contribution in [0, 0.1) is 0 Å². The topological polar surface area (TPSA) is 40.5 Å². The fraction of sp³-hybridized carbons (Fsp3) is 0.538. The molecule has 1 aromatic rings. The number of rotatable bonds is 3. The quantitative estimate of drug-likeness (QED) is 0.786. The van der Waals surface area contributed by atoms with Gasteiger partial charge in [0.2, 0.25) is 0 Å². The second-order valence-electron chi connectivity index (χ2n) is 4.33. The summed E-state index contributed by atoms with van der Waals surface area (Å²) in [5.41, 5.74) is -0.754. The van der Waals surface area contributed by atoms with Crippen molar-refractivity contribution in [2.45, 2.75) is 45.1 Å². The van der Waals surface area contributed by atoms with E-state index in [4.69, 9.17) is 5.11 Å². The van der Waals surface area contributed by atoms with E-state index in [9.17, 15) is 18.0 Å². The molecule has 0 bridgehead atoms. The van der Waals surface area contributed by atoms with E-state index in [2.05, 4.69) is 20.8 Å². The molecule has 0 aliphatic heterocycles. The Morgan fingerprint density at radius 2 is 1.30 bits per heavy atom. The van der Waals surface area contributed by atoms with E-state index in [1.54, 1.807) is 0 Å². The Bertz CT molecular complexity index is 357. The Morgan fingerprint density at radius 1 is 0.950 bits per heavy atom. The van der Waals surface area contributed by atoms with Crippen LogP contribution in [0.2, 0.25) is 18.1 Å². The zero-order chi connectivity index (χ0) is 15.1. The summed E-state index contributed by atoms with van der Waals surface area (Å²) in [5, 5.41) is 8.66. The van der Waals surface area contributed by atoms with Gasteiger partial charge in [-0.1, -0.05) is 20.8 Å². The Hall–Kier alpha value is -0.390. The molecule has 0 saturated heterocycles. The number of alkyl halides is 3. The van der Waals surface area contributed by atoms with E-state index in [-0.39, 0.29) is 25.2 Å². The van der Waals surface area contributed by atoms with Crippen molar-refractivity contribution in [2.75, 3.05) is 0 Å². The van der Waals surface area contributed by atoms with Crippen LogP contribution in [-0.2, 0) is 25.7 Å². The van der Waals surface area contributed by atoms with Gasteiger partial charge in [0.15, 0.2) is 8.32 Å². The average Bonchev–Trinajstić information content (AvgIpc) is 2.38.